The van der Waals surface area contributed by atoms with Crippen LogP contribution in [0.5, 0.6) is 0 Å². The third-order valence-corrected chi connectivity index (χ3v) is 2.64. The summed E-state index contributed by atoms with van der Waals surface area (Å²) in [6.07, 6.45) is 1.63. The molecule has 1 aromatic heterocycles. The van der Waals surface area contributed by atoms with Gasteiger partial charge >= 0.3 is 5.97 Å². The van der Waals surface area contributed by atoms with Crippen LogP contribution in [0.25, 0.3) is 0 Å². The standard InChI is InChI=1S/C10H15NO3S/c1-2-5-14-6-9-11-8(7-15-9)3-4-10(12)13/h7H,2-6H2,1H3,(H,12,13). The van der Waals surface area contributed by atoms with Crippen molar-refractivity contribution in [3.8, 4) is 0 Å². The lowest BCUT2D eigenvalue weighted by molar-refractivity contribution is -0.136. The number of rotatable bonds is 7. The minimum absolute atomic E-state index is 0.138. The van der Waals surface area contributed by atoms with E-state index >= 15 is 0 Å². The molecule has 0 spiro atoms. The molecule has 0 unspecified atom stereocenters. The minimum atomic E-state index is -0.785. The summed E-state index contributed by atoms with van der Waals surface area (Å²) in [6.45, 7) is 3.33. The third-order valence-electron chi connectivity index (χ3n) is 1.77. The number of hydrogen-bond acceptors (Lipinski definition) is 4. The molecule has 15 heavy (non-hydrogen) atoms. The number of thiazole rings is 1. The second kappa shape index (κ2) is 6.53. The summed E-state index contributed by atoms with van der Waals surface area (Å²) in [5, 5.41) is 11.3. The second-order valence-corrected chi connectivity index (χ2v) is 4.12. The highest BCUT2D eigenvalue weighted by Gasteiger charge is 2.04. The first-order valence-corrected chi connectivity index (χ1v) is 5.83. The molecule has 0 saturated heterocycles. The molecule has 0 aromatic carbocycles. The van der Waals surface area contributed by atoms with Gasteiger partial charge in [0.15, 0.2) is 0 Å². The first-order valence-electron chi connectivity index (χ1n) is 4.95. The molecular weight excluding hydrogens is 214 g/mol. The highest BCUT2D eigenvalue weighted by atomic mass is 32.1. The van der Waals surface area contributed by atoms with Crippen LogP contribution in [-0.4, -0.2) is 22.7 Å². The van der Waals surface area contributed by atoms with Crippen molar-refractivity contribution < 1.29 is 14.6 Å². The second-order valence-electron chi connectivity index (χ2n) is 3.18. The van der Waals surface area contributed by atoms with E-state index in [-0.39, 0.29) is 6.42 Å². The maximum Gasteiger partial charge on any atom is 0.303 e. The van der Waals surface area contributed by atoms with E-state index in [0.29, 0.717) is 13.0 Å². The minimum Gasteiger partial charge on any atom is -0.481 e. The van der Waals surface area contributed by atoms with Crippen molar-refractivity contribution >= 4 is 17.3 Å². The van der Waals surface area contributed by atoms with Crippen LogP contribution in [0.1, 0.15) is 30.5 Å². The molecule has 0 aliphatic carbocycles. The average Bonchev–Trinajstić information content (AvgIpc) is 2.63. The Morgan fingerprint density at radius 2 is 2.47 bits per heavy atom. The number of aromatic nitrogens is 1. The van der Waals surface area contributed by atoms with E-state index in [2.05, 4.69) is 11.9 Å². The predicted molar refractivity (Wildman–Crippen MR) is 58.0 cm³/mol. The zero-order chi connectivity index (χ0) is 11.1. The molecule has 4 nitrogen and oxygen atoms in total. The molecular formula is C10H15NO3S. The van der Waals surface area contributed by atoms with E-state index in [1.54, 1.807) is 0 Å². The van der Waals surface area contributed by atoms with Crippen molar-refractivity contribution in [2.24, 2.45) is 0 Å². The van der Waals surface area contributed by atoms with Crippen LogP contribution in [0, 0.1) is 0 Å². The Kier molecular flexibility index (Phi) is 5.28. The summed E-state index contributed by atoms with van der Waals surface area (Å²) in [5.74, 6) is -0.785. The molecule has 0 bridgehead atoms. The molecule has 0 amide bonds. The van der Waals surface area contributed by atoms with Crippen molar-refractivity contribution in [3.05, 3.63) is 16.1 Å². The van der Waals surface area contributed by atoms with Gasteiger partial charge in [-0.3, -0.25) is 4.79 Å². The summed E-state index contributed by atoms with van der Waals surface area (Å²) in [4.78, 5) is 14.6. The van der Waals surface area contributed by atoms with Crippen molar-refractivity contribution in [3.63, 3.8) is 0 Å². The number of carbonyl (C=O) groups is 1. The Morgan fingerprint density at radius 1 is 1.67 bits per heavy atom. The van der Waals surface area contributed by atoms with Crippen LogP contribution in [0.3, 0.4) is 0 Å². The van der Waals surface area contributed by atoms with E-state index in [1.165, 1.54) is 11.3 Å². The van der Waals surface area contributed by atoms with Crippen LogP contribution < -0.4 is 0 Å². The predicted octanol–water partition coefficient (Wildman–Crippen LogP) is 2.09. The van der Waals surface area contributed by atoms with E-state index < -0.39 is 5.97 Å². The molecule has 1 aromatic rings. The molecule has 0 atom stereocenters. The molecule has 0 aliphatic heterocycles. The van der Waals surface area contributed by atoms with E-state index in [1.807, 2.05) is 5.38 Å². The summed E-state index contributed by atoms with van der Waals surface area (Å²) in [7, 11) is 0. The Bertz CT molecular complexity index is 311. The van der Waals surface area contributed by atoms with Crippen LogP contribution >= 0.6 is 11.3 Å². The van der Waals surface area contributed by atoms with Gasteiger partial charge in [-0.15, -0.1) is 11.3 Å². The van der Waals surface area contributed by atoms with Gasteiger partial charge in [-0.05, 0) is 6.42 Å². The normalized spacial score (nSPS) is 10.5. The first kappa shape index (κ1) is 12.1. The summed E-state index contributed by atoms with van der Waals surface area (Å²) in [5.41, 5.74) is 0.845. The smallest absolute Gasteiger partial charge is 0.303 e. The molecule has 1 rings (SSSR count). The van der Waals surface area contributed by atoms with Gasteiger partial charge in [0.05, 0.1) is 18.7 Å². The van der Waals surface area contributed by atoms with Gasteiger partial charge in [0.1, 0.15) is 5.01 Å². The molecule has 0 radical (unpaired) electrons. The fraction of sp³-hybridized carbons (Fsp3) is 0.600. The first-order chi connectivity index (χ1) is 7.22. The lowest BCUT2D eigenvalue weighted by atomic mass is 10.2. The highest BCUT2D eigenvalue weighted by Crippen LogP contribution is 2.12. The number of ether oxygens (including phenoxy) is 1. The molecule has 5 heteroatoms. The number of carboxylic acids is 1. The van der Waals surface area contributed by atoms with Crippen LogP contribution in [0.15, 0.2) is 5.38 Å². The summed E-state index contributed by atoms with van der Waals surface area (Å²) >= 11 is 1.52. The van der Waals surface area contributed by atoms with Crippen LogP contribution in [0.2, 0.25) is 0 Å². The van der Waals surface area contributed by atoms with Gasteiger partial charge in [-0.2, -0.15) is 0 Å². The molecule has 0 fully saturated rings. The Hall–Kier alpha value is -0.940. The highest BCUT2D eigenvalue weighted by molar-refractivity contribution is 7.09. The third kappa shape index (κ3) is 4.90. The van der Waals surface area contributed by atoms with E-state index in [0.717, 1.165) is 23.7 Å². The number of hydrogen-bond donors (Lipinski definition) is 1. The Balaban J connectivity index is 2.32. The summed E-state index contributed by atoms with van der Waals surface area (Å²) < 4.78 is 5.34. The monoisotopic (exact) mass is 229 g/mol. The van der Waals surface area contributed by atoms with Gasteiger partial charge in [-0.25, -0.2) is 4.98 Å². The van der Waals surface area contributed by atoms with Gasteiger partial charge in [-0.1, -0.05) is 6.92 Å². The maximum absolute atomic E-state index is 10.3. The van der Waals surface area contributed by atoms with Crippen molar-refractivity contribution in [2.75, 3.05) is 6.61 Å². The number of nitrogens with zero attached hydrogens (tertiary/aromatic N) is 1. The molecule has 1 N–H and O–H groups in total. The fourth-order valence-electron chi connectivity index (χ4n) is 1.07. The lowest BCUT2D eigenvalue weighted by Gasteiger charge is -1.97. The molecule has 0 aliphatic rings. The quantitative estimate of drug-likeness (QED) is 0.727. The van der Waals surface area contributed by atoms with E-state index in [4.69, 9.17) is 9.84 Å². The lowest BCUT2D eigenvalue weighted by Crippen LogP contribution is -1.98. The van der Waals surface area contributed by atoms with Crippen LogP contribution in [-0.2, 0) is 22.6 Å². The fourth-order valence-corrected chi connectivity index (χ4v) is 1.83. The average molecular weight is 229 g/mol. The summed E-state index contributed by atoms with van der Waals surface area (Å²) in [6, 6.07) is 0. The number of carboxylic acid groups (broad SMARTS) is 1. The molecule has 1 heterocycles. The largest absolute Gasteiger partial charge is 0.481 e. The van der Waals surface area contributed by atoms with Gasteiger partial charge in [0, 0.05) is 18.4 Å². The van der Waals surface area contributed by atoms with E-state index in [9.17, 15) is 4.79 Å². The van der Waals surface area contributed by atoms with Gasteiger partial charge in [0.25, 0.3) is 0 Å². The van der Waals surface area contributed by atoms with Gasteiger partial charge < -0.3 is 9.84 Å². The number of aliphatic carboxylic acids is 1. The molecule has 84 valence electrons. The SMILES string of the molecule is CCCOCc1nc(CCC(=O)O)cs1. The number of aryl methyl sites for hydroxylation is 1. The Morgan fingerprint density at radius 3 is 3.13 bits per heavy atom. The molecule has 0 saturated carbocycles. The maximum atomic E-state index is 10.3. The van der Waals surface area contributed by atoms with Crippen molar-refractivity contribution in [1.82, 2.24) is 4.98 Å². The van der Waals surface area contributed by atoms with Crippen molar-refractivity contribution in [1.29, 1.82) is 0 Å². The zero-order valence-electron chi connectivity index (χ0n) is 8.73. The van der Waals surface area contributed by atoms with Gasteiger partial charge in [0.2, 0.25) is 0 Å². The Labute approximate surface area is 92.9 Å². The zero-order valence-corrected chi connectivity index (χ0v) is 9.55. The topological polar surface area (TPSA) is 59.4 Å². The van der Waals surface area contributed by atoms with Crippen molar-refractivity contribution in [2.45, 2.75) is 32.8 Å². The van der Waals surface area contributed by atoms with Crippen LogP contribution in [0.4, 0.5) is 0 Å².